The summed E-state index contributed by atoms with van der Waals surface area (Å²) in [6, 6.07) is 16.7. The van der Waals surface area contributed by atoms with Gasteiger partial charge in [-0.15, -0.1) is 0 Å². The molecule has 0 unspecified atom stereocenters. The number of carbonyl (C=O) groups is 1. The van der Waals surface area contributed by atoms with Gasteiger partial charge in [0.2, 0.25) is 0 Å². The Morgan fingerprint density at radius 2 is 1.70 bits per heavy atom. The summed E-state index contributed by atoms with van der Waals surface area (Å²) in [7, 11) is 1.36. The molecule has 5 heteroatoms. The summed E-state index contributed by atoms with van der Waals surface area (Å²) < 4.78 is 15.9. The molecule has 5 nitrogen and oxygen atoms in total. The molecule has 0 saturated heterocycles. The lowest BCUT2D eigenvalue weighted by Crippen LogP contribution is -2.00. The number of nitrogens with zero attached hydrogens (tertiary/aromatic N) is 1. The third-order valence-electron chi connectivity index (χ3n) is 4.27. The number of benzene rings is 2. The van der Waals surface area contributed by atoms with E-state index in [0.717, 1.165) is 35.6 Å². The molecule has 0 saturated carbocycles. The van der Waals surface area contributed by atoms with Gasteiger partial charge in [-0.1, -0.05) is 37.1 Å². The molecule has 0 N–H and O–H groups in total. The van der Waals surface area contributed by atoms with Crippen LogP contribution in [0.25, 0.3) is 22.6 Å². The van der Waals surface area contributed by atoms with E-state index in [9.17, 15) is 4.79 Å². The van der Waals surface area contributed by atoms with Gasteiger partial charge in [0.25, 0.3) is 0 Å². The molecule has 0 aliphatic rings. The van der Waals surface area contributed by atoms with Gasteiger partial charge in [0.15, 0.2) is 5.76 Å². The fourth-order valence-electron chi connectivity index (χ4n) is 2.70. The highest BCUT2D eigenvalue weighted by Gasteiger charge is 2.10. The highest BCUT2D eigenvalue weighted by Crippen LogP contribution is 2.27. The van der Waals surface area contributed by atoms with Gasteiger partial charge < -0.3 is 14.0 Å². The molecule has 1 aromatic heterocycles. The molecule has 3 rings (SSSR count). The van der Waals surface area contributed by atoms with Gasteiger partial charge in [-0.25, -0.2) is 4.79 Å². The van der Waals surface area contributed by atoms with Crippen molar-refractivity contribution in [3.05, 3.63) is 60.2 Å². The van der Waals surface area contributed by atoms with Gasteiger partial charge >= 0.3 is 5.97 Å². The van der Waals surface area contributed by atoms with E-state index >= 15 is 0 Å². The summed E-state index contributed by atoms with van der Waals surface area (Å²) in [6.07, 6.45) is 3.43. The first-order valence-corrected chi connectivity index (χ1v) is 9.10. The molecule has 0 atom stereocenters. The molecule has 0 aliphatic heterocycles. The highest BCUT2D eigenvalue weighted by molar-refractivity contribution is 5.89. The summed E-state index contributed by atoms with van der Waals surface area (Å²) in [5, 5.41) is 4.15. The predicted octanol–water partition coefficient (Wildman–Crippen LogP) is 5.36. The van der Waals surface area contributed by atoms with Gasteiger partial charge in [-0.3, -0.25) is 0 Å². The Kier molecular flexibility index (Phi) is 6.26. The molecular weight excluding hydrogens is 342 g/mol. The van der Waals surface area contributed by atoms with Crippen LogP contribution in [0.3, 0.4) is 0 Å². The van der Waals surface area contributed by atoms with Gasteiger partial charge in [0.1, 0.15) is 11.4 Å². The number of ether oxygens (including phenoxy) is 2. The number of aromatic nitrogens is 1. The Bertz CT molecular complexity index is 866. The maximum absolute atomic E-state index is 11.5. The van der Waals surface area contributed by atoms with Crippen LogP contribution in [0.1, 0.15) is 36.5 Å². The maximum Gasteiger partial charge on any atom is 0.337 e. The summed E-state index contributed by atoms with van der Waals surface area (Å²) >= 11 is 0. The first-order valence-electron chi connectivity index (χ1n) is 9.10. The fourth-order valence-corrected chi connectivity index (χ4v) is 2.70. The Hall–Kier alpha value is -3.08. The van der Waals surface area contributed by atoms with Crippen LogP contribution in [-0.4, -0.2) is 24.8 Å². The molecule has 2 aromatic carbocycles. The molecule has 0 fully saturated rings. The Balaban J connectivity index is 1.67. The standard InChI is InChI=1S/C22H23NO4/c1-3-4-5-14-26-19-12-10-16(11-13-19)20-15-21(27-23-20)17-6-8-18(9-7-17)22(24)25-2/h6-13,15H,3-5,14H2,1-2H3. The number of methoxy groups -OCH3 is 1. The maximum atomic E-state index is 11.5. The van der Waals surface area contributed by atoms with Crippen LogP contribution in [0.4, 0.5) is 0 Å². The van der Waals surface area contributed by atoms with Gasteiger partial charge in [0.05, 0.1) is 19.3 Å². The van der Waals surface area contributed by atoms with E-state index in [2.05, 4.69) is 12.1 Å². The molecule has 27 heavy (non-hydrogen) atoms. The van der Waals surface area contributed by atoms with Crippen molar-refractivity contribution < 1.29 is 18.8 Å². The largest absolute Gasteiger partial charge is 0.494 e. The number of unbranched alkanes of at least 4 members (excludes halogenated alkanes) is 2. The van der Waals surface area contributed by atoms with E-state index in [1.54, 1.807) is 12.1 Å². The van der Waals surface area contributed by atoms with E-state index in [-0.39, 0.29) is 5.97 Å². The van der Waals surface area contributed by atoms with E-state index in [0.29, 0.717) is 11.3 Å². The highest BCUT2D eigenvalue weighted by atomic mass is 16.5. The fraction of sp³-hybridized carbons (Fsp3) is 0.273. The summed E-state index contributed by atoms with van der Waals surface area (Å²) in [4.78, 5) is 11.5. The number of esters is 1. The average Bonchev–Trinajstić information content (AvgIpc) is 3.21. The molecule has 1 heterocycles. The molecule has 3 aromatic rings. The van der Waals surface area contributed by atoms with E-state index in [4.69, 9.17) is 14.0 Å². The zero-order valence-electron chi connectivity index (χ0n) is 15.6. The molecule has 0 amide bonds. The van der Waals surface area contributed by atoms with Crippen molar-refractivity contribution in [2.45, 2.75) is 26.2 Å². The molecular formula is C22H23NO4. The molecule has 140 valence electrons. The second-order valence-corrected chi connectivity index (χ2v) is 6.23. The van der Waals surface area contributed by atoms with Crippen molar-refractivity contribution in [1.82, 2.24) is 5.16 Å². The van der Waals surface area contributed by atoms with Crippen LogP contribution in [0.5, 0.6) is 5.75 Å². The topological polar surface area (TPSA) is 61.6 Å². The quantitative estimate of drug-likeness (QED) is 0.397. The minimum atomic E-state index is -0.364. The summed E-state index contributed by atoms with van der Waals surface area (Å²) in [5.41, 5.74) is 3.05. The Morgan fingerprint density at radius 3 is 2.37 bits per heavy atom. The van der Waals surface area contributed by atoms with E-state index in [1.807, 2.05) is 42.5 Å². The van der Waals surface area contributed by atoms with Crippen molar-refractivity contribution in [3.8, 4) is 28.3 Å². The van der Waals surface area contributed by atoms with Gasteiger partial charge in [0, 0.05) is 17.2 Å². The van der Waals surface area contributed by atoms with Crippen molar-refractivity contribution in [2.24, 2.45) is 0 Å². The molecule has 0 aliphatic carbocycles. The van der Waals surface area contributed by atoms with Gasteiger partial charge in [-0.2, -0.15) is 0 Å². The smallest absolute Gasteiger partial charge is 0.337 e. The van der Waals surface area contributed by atoms with E-state index < -0.39 is 0 Å². The first-order chi connectivity index (χ1) is 13.2. The van der Waals surface area contributed by atoms with Crippen LogP contribution < -0.4 is 4.74 Å². The molecule has 0 spiro atoms. The third kappa shape index (κ3) is 4.76. The van der Waals surface area contributed by atoms with Crippen molar-refractivity contribution in [3.63, 3.8) is 0 Å². The lowest BCUT2D eigenvalue weighted by molar-refractivity contribution is 0.0600. The SMILES string of the molecule is CCCCCOc1ccc(-c2cc(-c3ccc(C(=O)OC)cc3)on2)cc1. The lowest BCUT2D eigenvalue weighted by Gasteiger charge is -2.05. The molecule has 0 radical (unpaired) electrons. The molecule has 0 bridgehead atoms. The monoisotopic (exact) mass is 365 g/mol. The Morgan fingerprint density at radius 1 is 1.00 bits per heavy atom. The number of rotatable bonds is 8. The second kappa shape index (κ2) is 9.03. The zero-order chi connectivity index (χ0) is 19.1. The first kappa shape index (κ1) is 18.7. The summed E-state index contributed by atoms with van der Waals surface area (Å²) in [6.45, 7) is 2.91. The third-order valence-corrected chi connectivity index (χ3v) is 4.27. The van der Waals surface area contributed by atoms with Crippen molar-refractivity contribution in [1.29, 1.82) is 0 Å². The van der Waals surface area contributed by atoms with Crippen LogP contribution >= 0.6 is 0 Å². The van der Waals surface area contributed by atoms with Crippen LogP contribution in [-0.2, 0) is 4.74 Å². The van der Waals surface area contributed by atoms with Crippen LogP contribution in [0, 0.1) is 0 Å². The van der Waals surface area contributed by atoms with Crippen LogP contribution in [0.15, 0.2) is 59.1 Å². The lowest BCUT2D eigenvalue weighted by atomic mass is 10.1. The second-order valence-electron chi connectivity index (χ2n) is 6.23. The number of hydrogen-bond acceptors (Lipinski definition) is 5. The van der Waals surface area contributed by atoms with Crippen molar-refractivity contribution >= 4 is 5.97 Å². The average molecular weight is 365 g/mol. The normalized spacial score (nSPS) is 10.6. The van der Waals surface area contributed by atoms with E-state index in [1.165, 1.54) is 20.0 Å². The zero-order valence-corrected chi connectivity index (χ0v) is 15.6. The van der Waals surface area contributed by atoms with Crippen LogP contribution in [0.2, 0.25) is 0 Å². The van der Waals surface area contributed by atoms with Crippen molar-refractivity contribution in [2.75, 3.05) is 13.7 Å². The Labute approximate surface area is 158 Å². The minimum Gasteiger partial charge on any atom is -0.494 e. The minimum absolute atomic E-state index is 0.364. The number of hydrogen-bond donors (Lipinski definition) is 0. The number of carbonyl (C=O) groups excluding carboxylic acids is 1. The predicted molar refractivity (Wildman–Crippen MR) is 104 cm³/mol. The van der Waals surface area contributed by atoms with Gasteiger partial charge in [-0.05, 0) is 42.8 Å². The summed E-state index contributed by atoms with van der Waals surface area (Å²) in [5.74, 6) is 1.13.